The van der Waals surface area contributed by atoms with Gasteiger partial charge in [0.25, 0.3) is 5.91 Å². The van der Waals surface area contributed by atoms with E-state index >= 15 is 0 Å². The first-order valence-electron chi connectivity index (χ1n) is 14.0. The van der Waals surface area contributed by atoms with Crippen LogP contribution in [-0.2, 0) is 6.54 Å². The fourth-order valence-electron chi connectivity index (χ4n) is 5.63. The second-order valence-electron chi connectivity index (χ2n) is 10.8. The molecule has 2 aromatic carbocycles. The molecular formula is C32H36N4O3. The van der Waals surface area contributed by atoms with Crippen LogP contribution in [0.1, 0.15) is 47.4 Å². The van der Waals surface area contributed by atoms with Gasteiger partial charge in [-0.3, -0.25) is 14.7 Å². The van der Waals surface area contributed by atoms with E-state index in [1.807, 2.05) is 36.5 Å². The summed E-state index contributed by atoms with van der Waals surface area (Å²) in [5.74, 6) is 1.03. The summed E-state index contributed by atoms with van der Waals surface area (Å²) in [6.07, 6.45) is 7.70. The number of fused-ring (bicyclic) bond motifs is 1. The average molecular weight is 525 g/mol. The van der Waals surface area contributed by atoms with E-state index < -0.39 is 0 Å². The minimum atomic E-state index is -0.150. The summed E-state index contributed by atoms with van der Waals surface area (Å²) >= 11 is 0. The molecule has 2 aromatic heterocycles. The fourth-order valence-corrected chi connectivity index (χ4v) is 5.63. The number of likely N-dealkylation sites (tertiary alicyclic amines) is 1. The molecular weight excluding hydrogens is 488 g/mol. The molecule has 4 heterocycles. The van der Waals surface area contributed by atoms with Crippen molar-refractivity contribution in [1.82, 2.24) is 15.2 Å². The van der Waals surface area contributed by atoms with Crippen LogP contribution in [0.15, 0.2) is 77.5 Å². The number of anilines is 1. The number of hydrogen-bond donors (Lipinski definition) is 1. The van der Waals surface area contributed by atoms with E-state index in [1.54, 1.807) is 6.20 Å². The van der Waals surface area contributed by atoms with Gasteiger partial charge in [-0.05, 0) is 67.8 Å². The molecule has 0 radical (unpaired) electrons. The number of furan rings is 1. The highest BCUT2D eigenvalue weighted by molar-refractivity contribution is 5.96. The van der Waals surface area contributed by atoms with Crippen LogP contribution >= 0.6 is 0 Å². The molecule has 0 unspecified atom stereocenters. The maximum atomic E-state index is 13.0. The molecule has 7 nitrogen and oxygen atoms in total. The van der Waals surface area contributed by atoms with Gasteiger partial charge in [0.2, 0.25) is 0 Å². The molecule has 0 spiro atoms. The van der Waals surface area contributed by atoms with Crippen LogP contribution in [0.4, 0.5) is 5.69 Å². The van der Waals surface area contributed by atoms with Gasteiger partial charge in [0, 0.05) is 75.1 Å². The third-order valence-corrected chi connectivity index (χ3v) is 7.91. The van der Waals surface area contributed by atoms with Crippen molar-refractivity contribution in [1.29, 1.82) is 0 Å². The largest absolute Gasteiger partial charge is 0.490 e. The Bertz CT molecular complexity index is 1390. The SMILES string of the molecule is Cc1ccc(N2CCC(Oc3ccc4oc(C(=O)NC5CCN(Cc6cccnc6)CC5)cc4c3)CC2)cc1. The number of ether oxygens (including phenoxy) is 1. The number of benzene rings is 2. The number of piperidine rings is 2. The Labute approximate surface area is 229 Å². The van der Waals surface area contributed by atoms with Gasteiger partial charge in [0.15, 0.2) is 5.76 Å². The van der Waals surface area contributed by atoms with Crippen molar-refractivity contribution in [3.05, 3.63) is 89.9 Å². The van der Waals surface area contributed by atoms with Crippen molar-refractivity contribution >= 4 is 22.6 Å². The zero-order chi connectivity index (χ0) is 26.6. The lowest BCUT2D eigenvalue weighted by Gasteiger charge is -2.33. The van der Waals surface area contributed by atoms with Crippen LogP contribution in [0.5, 0.6) is 5.75 Å². The van der Waals surface area contributed by atoms with E-state index in [-0.39, 0.29) is 18.1 Å². The van der Waals surface area contributed by atoms with Gasteiger partial charge >= 0.3 is 0 Å². The second-order valence-corrected chi connectivity index (χ2v) is 10.8. The molecule has 0 aliphatic carbocycles. The number of aryl methyl sites for hydroxylation is 1. The number of hydrogen-bond acceptors (Lipinski definition) is 6. The van der Waals surface area contributed by atoms with Crippen molar-refractivity contribution in [2.24, 2.45) is 0 Å². The Morgan fingerprint density at radius 2 is 1.79 bits per heavy atom. The first-order valence-corrected chi connectivity index (χ1v) is 14.0. The smallest absolute Gasteiger partial charge is 0.287 e. The number of aromatic nitrogens is 1. The molecule has 0 saturated carbocycles. The van der Waals surface area contributed by atoms with E-state index in [0.717, 1.165) is 69.5 Å². The lowest BCUT2D eigenvalue weighted by molar-refractivity contribution is 0.0883. The normalized spacial score (nSPS) is 17.4. The molecule has 1 N–H and O–H groups in total. The van der Waals surface area contributed by atoms with Crippen LogP contribution in [-0.4, -0.2) is 54.1 Å². The summed E-state index contributed by atoms with van der Waals surface area (Å²) in [5, 5.41) is 4.06. The minimum Gasteiger partial charge on any atom is -0.490 e. The lowest BCUT2D eigenvalue weighted by atomic mass is 10.0. The number of carbonyl (C=O) groups excluding carboxylic acids is 1. The van der Waals surface area contributed by atoms with Gasteiger partial charge in [-0.2, -0.15) is 0 Å². The van der Waals surface area contributed by atoms with Gasteiger partial charge in [-0.1, -0.05) is 23.8 Å². The predicted octanol–water partition coefficient (Wildman–Crippen LogP) is 5.58. The van der Waals surface area contributed by atoms with Gasteiger partial charge in [-0.15, -0.1) is 0 Å². The Morgan fingerprint density at radius 1 is 1.00 bits per heavy atom. The Kier molecular flexibility index (Phi) is 7.50. The molecule has 2 aliphatic rings. The molecule has 2 saturated heterocycles. The topological polar surface area (TPSA) is 70.8 Å². The van der Waals surface area contributed by atoms with E-state index in [2.05, 4.69) is 57.4 Å². The summed E-state index contributed by atoms with van der Waals surface area (Å²) < 4.78 is 12.2. The van der Waals surface area contributed by atoms with Crippen LogP contribution in [0.2, 0.25) is 0 Å². The van der Waals surface area contributed by atoms with Crippen LogP contribution < -0.4 is 15.0 Å². The molecule has 0 bridgehead atoms. The lowest BCUT2D eigenvalue weighted by Crippen LogP contribution is -2.44. The Morgan fingerprint density at radius 3 is 2.54 bits per heavy atom. The molecule has 2 fully saturated rings. The number of amides is 1. The van der Waals surface area contributed by atoms with E-state index in [9.17, 15) is 4.79 Å². The van der Waals surface area contributed by atoms with Gasteiger partial charge in [0.05, 0.1) is 0 Å². The molecule has 1 amide bonds. The highest BCUT2D eigenvalue weighted by Gasteiger charge is 2.24. The van der Waals surface area contributed by atoms with E-state index in [1.165, 1.54) is 16.8 Å². The maximum Gasteiger partial charge on any atom is 0.287 e. The Hall–Kier alpha value is -3.84. The van der Waals surface area contributed by atoms with Crippen LogP contribution in [0.3, 0.4) is 0 Å². The van der Waals surface area contributed by atoms with Crippen LogP contribution in [0.25, 0.3) is 11.0 Å². The molecule has 7 heteroatoms. The predicted molar refractivity (Wildman–Crippen MR) is 153 cm³/mol. The number of rotatable bonds is 7. The van der Waals surface area contributed by atoms with E-state index in [4.69, 9.17) is 9.15 Å². The average Bonchev–Trinajstić information content (AvgIpc) is 3.39. The first-order chi connectivity index (χ1) is 19.1. The fraction of sp³-hybridized carbons (Fsp3) is 0.375. The number of pyridine rings is 1. The summed E-state index contributed by atoms with van der Waals surface area (Å²) in [6.45, 7) is 6.87. The van der Waals surface area contributed by atoms with Crippen molar-refractivity contribution in [3.8, 4) is 5.75 Å². The van der Waals surface area contributed by atoms with E-state index in [0.29, 0.717) is 11.3 Å². The van der Waals surface area contributed by atoms with Crippen LogP contribution in [0, 0.1) is 6.92 Å². The summed E-state index contributed by atoms with van der Waals surface area (Å²) in [7, 11) is 0. The molecule has 6 rings (SSSR count). The quantitative estimate of drug-likeness (QED) is 0.340. The van der Waals surface area contributed by atoms with Crippen molar-refractivity contribution < 1.29 is 13.9 Å². The molecule has 202 valence electrons. The maximum absolute atomic E-state index is 13.0. The number of nitrogens with one attached hydrogen (secondary N) is 1. The monoisotopic (exact) mass is 524 g/mol. The molecule has 4 aromatic rings. The Balaban J connectivity index is 0.999. The highest BCUT2D eigenvalue weighted by atomic mass is 16.5. The number of carbonyl (C=O) groups is 1. The second kappa shape index (κ2) is 11.5. The van der Waals surface area contributed by atoms with Gasteiger partial charge < -0.3 is 19.4 Å². The molecule has 2 aliphatic heterocycles. The molecule has 0 atom stereocenters. The van der Waals surface area contributed by atoms with Crippen molar-refractivity contribution in [2.45, 2.75) is 51.3 Å². The number of nitrogens with zero attached hydrogens (tertiary/aromatic N) is 3. The zero-order valence-corrected chi connectivity index (χ0v) is 22.5. The standard InChI is InChI=1S/C32H36N4O3/c1-23-4-6-27(7-5-23)36-17-12-28(13-18-36)38-29-8-9-30-25(19-29)20-31(39-30)32(37)34-26-10-15-35(16-11-26)22-24-3-2-14-33-21-24/h2-9,14,19-21,26,28H,10-13,15-18,22H2,1H3,(H,34,37). The minimum absolute atomic E-state index is 0.150. The summed E-state index contributed by atoms with van der Waals surface area (Å²) in [4.78, 5) is 22.0. The van der Waals surface area contributed by atoms with Gasteiger partial charge in [0.1, 0.15) is 17.4 Å². The third kappa shape index (κ3) is 6.25. The highest BCUT2D eigenvalue weighted by Crippen LogP contribution is 2.28. The zero-order valence-electron chi connectivity index (χ0n) is 22.5. The van der Waals surface area contributed by atoms with Gasteiger partial charge in [-0.25, -0.2) is 0 Å². The molecule has 39 heavy (non-hydrogen) atoms. The van der Waals surface area contributed by atoms with Crippen molar-refractivity contribution in [3.63, 3.8) is 0 Å². The first kappa shape index (κ1) is 25.4. The van der Waals surface area contributed by atoms with Crippen molar-refractivity contribution in [2.75, 3.05) is 31.1 Å². The summed E-state index contributed by atoms with van der Waals surface area (Å²) in [5.41, 5.74) is 4.48. The summed E-state index contributed by atoms with van der Waals surface area (Å²) in [6, 6.07) is 20.6. The third-order valence-electron chi connectivity index (χ3n) is 7.91.